The van der Waals surface area contributed by atoms with Crippen LogP contribution in [-0.2, 0) is 0 Å². The number of ether oxygens (including phenoxy) is 1. The van der Waals surface area contributed by atoms with Gasteiger partial charge in [0.15, 0.2) is 0 Å². The molecule has 3 heterocycles. The van der Waals surface area contributed by atoms with Crippen molar-refractivity contribution in [3.05, 3.63) is 53.0 Å². The summed E-state index contributed by atoms with van der Waals surface area (Å²) in [5.41, 5.74) is 2.07. The predicted molar refractivity (Wildman–Crippen MR) is 129 cm³/mol. The third kappa shape index (κ3) is 5.32. The number of benzene rings is 1. The lowest BCUT2D eigenvalue weighted by atomic mass is 10.1. The highest BCUT2D eigenvalue weighted by Gasteiger charge is 2.19. The van der Waals surface area contributed by atoms with E-state index < -0.39 is 0 Å². The summed E-state index contributed by atoms with van der Waals surface area (Å²) in [5, 5.41) is 12.3. The van der Waals surface area contributed by atoms with Crippen molar-refractivity contribution in [2.45, 2.75) is 6.92 Å². The lowest BCUT2D eigenvalue weighted by Crippen LogP contribution is -2.46. The van der Waals surface area contributed by atoms with Crippen molar-refractivity contribution in [3.63, 3.8) is 0 Å². The first-order valence-electron chi connectivity index (χ1n) is 10.1. The molecule has 0 radical (unpaired) electrons. The first-order chi connectivity index (χ1) is 14.3. The Morgan fingerprint density at radius 2 is 1.87 bits per heavy atom. The number of hydrogen-bond donors (Lipinski definition) is 1. The van der Waals surface area contributed by atoms with Gasteiger partial charge in [-0.3, -0.25) is 0 Å². The van der Waals surface area contributed by atoms with Gasteiger partial charge in [0, 0.05) is 26.2 Å². The molecule has 4 rings (SSSR count). The van der Waals surface area contributed by atoms with Crippen LogP contribution in [0.25, 0.3) is 22.2 Å². The second-order valence-electron chi connectivity index (χ2n) is 7.11. The monoisotopic (exact) mass is 445 g/mol. The quantitative estimate of drug-likeness (QED) is 0.584. The molecule has 1 aliphatic heterocycles. The van der Waals surface area contributed by atoms with Crippen molar-refractivity contribution < 1.29 is 9.84 Å². The van der Waals surface area contributed by atoms with E-state index in [0.717, 1.165) is 55.5 Å². The van der Waals surface area contributed by atoms with E-state index >= 15 is 0 Å². The van der Waals surface area contributed by atoms with Crippen LogP contribution in [0.4, 0.5) is 5.82 Å². The minimum atomic E-state index is 0. The number of hydrogen-bond acceptors (Lipinski definition) is 6. The molecule has 0 unspecified atom stereocenters. The maximum atomic E-state index is 8.85. The molecule has 3 aromatic rings. The molecule has 0 amide bonds. The minimum absolute atomic E-state index is 0. The number of anilines is 1. The number of thiophene rings is 1. The van der Waals surface area contributed by atoms with Gasteiger partial charge in [-0.2, -0.15) is 0 Å². The fraction of sp³-hybridized carbons (Fsp3) is 0.348. The number of aromatic nitrogens is 1. The molecule has 0 atom stereocenters. The average molecular weight is 446 g/mol. The van der Waals surface area contributed by atoms with E-state index in [1.165, 1.54) is 10.1 Å². The van der Waals surface area contributed by atoms with Crippen LogP contribution in [0.2, 0.25) is 0 Å². The standard InChI is InChI=1S/C23H27N3O2S.ClH/c1-2-25-10-12-26(13-11-25)23-22-19(9-16-29-22)17-20(24-23)6-3-18-4-7-21(8-5-18)28-15-14-27;/h3-9,16-17,27H,2,10-15H2,1H3;1H. The Balaban J connectivity index is 0.00000256. The number of aliphatic hydroxyl groups excluding tert-OH is 1. The summed E-state index contributed by atoms with van der Waals surface area (Å²) < 4.78 is 6.69. The van der Waals surface area contributed by atoms with Gasteiger partial charge >= 0.3 is 0 Å². The number of piperazine rings is 1. The van der Waals surface area contributed by atoms with Crippen LogP contribution in [0.1, 0.15) is 18.2 Å². The van der Waals surface area contributed by atoms with Crippen molar-refractivity contribution in [2.24, 2.45) is 0 Å². The van der Waals surface area contributed by atoms with Crippen LogP contribution in [-0.4, -0.2) is 60.9 Å². The zero-order valence-corrected chi connectivity index (χ0v) is 18.8. The normalized spacial score (nSPS) is 14.9. The molecule has 0 aliphatic carbocycles. The van der Waals surface area contributed by atoms with Crippen molar-refractivity contribution in [1.29, 1.82) is 0 Å². The largest absolute Gasteiger partial charge is 0.491 e. The predicted octanol–water partition coefficient (Wildman–Crippen LogP) is 4.40. The number of aliphatic hydroxyl groups is 1. The van der Waals surface area contributed by atoms with E-state index in [1.807, 2.05) is 24.3 Å². The Labute approximate surface area is 188 Å². The molecule has 1 fully saturated rings. The Morgan fingerprint density at radius 3 is 2.57 bits per heavy atom. The van der Waals surface area contributed by atoms with Crippen LogP contribution in [0, 0.1) is 0 Å². The van der Waals surface area contributed by atoms with Gasteiger partial charge in [0.1, 0.15) is 18.2 Å². The third-order valence-electron chi connectivity index (χ3n) is 5.24. The van der Waals surface area contributed by atoms with E-state index in [1.54, 1.807) is 11.3 Å². The highest BCUT2D eigenvalue weighted by atomic mass is 35.5. The van der Waals surface area contributed by atoms with Gasteiger partial charge in [-0.05, 0) is 53.2 Å². The Morgan fingerprint density at radius 1 is 1.10 bits per heavy atom. The second-order valence-corrected chi connectivity index (χ2v) is 8.02. The van der Waals surface area contributed by atoms with E-state index in [9.17, 15) is 0 Å². The molecule has 30 heavy (non-hydrogen) atoms. The summed E-state index contributed by atoms with van der Waals surface area (Å²) in [5.74, 6) is 1.88. The summed E-state index contributed by atoms with van der Waals surface area (Å²) in [6, 6.07) is 12.2. The second kappa shape index (κ2) is 10.8. The number of halogens is 1. The first kappa shape index (κ1) is 22.6. The third-order valence-corrected chi connectivity index (χ3v) is 6.17. The van der Waals surface area contributed by atoms with Gasteiger partial charge in [-0.1, -0.05) is 25.1 Å². The van der Waals surface area contributed by atoms with E-state index in [0.29, 0.717) is 6.61 Å². The Hall–Kier alpha value is -2.12. The molecule has 0 saturated carbocycles. The molecule has 7 heteroatoms. The van der Waals surface area contributed by atoms with Gasteiger partial charge in [-0.15, -0.1) is 23.7 Å². The van der Waals surface area contributed by atoms with Crippen molar-refractivity contribution in [1.82, 2.24) is 9.88 Å². The molecule has 1 N–H and O–H groups in total. The first-order valence-corrected chi connectivity index (χ1v) is 11.0. The average Bonchev–Trinajstić information content (AvgIpc) is 3.25. The number of nitrogens with zero attached hydrogens (tertiary/aromatic N) is 3. The highest BCUT2D eigenvalue weighted by Crippen LogP contribution is 2.31. The zero-order valence-electron chi connectivity index (χ0n) is 17.2. The van der Waals surface area contributed by atoms with Crippen LogP contribution < -0.4 is 9.64 Å². The van der Waals surface area contributed by atoms with Crippen LogP contribution in [0.3, 0.4) is 0 Å². The molecule has 160 valence electrons. The Bertz CT molecular complexity index is 966. The summed E-state index contributed by atoms with van der Waals surface area (Å²) >= 11 is 1.77. The smallest absolute Gasteiger partial charge is 0.147 e. The molecular weight excluding hydrogens is 418 g/mol. The summed E-state index contributed by atoms with van der Waals surface area (Å²) in [7, 11) is 0. The van der Waals surface area contributed by atoms with E-state index in [-0.39, 0.29) is 19.0 Å². The summed E-state index contributed by atoms with van der Waals surface area (Å²) in [4.78, 5) is 9.91. The van der Waals surface area contributed by atoms with Crippen LogP contribution >= 0.6 is 23.7 Å². The van der Waals surface area contributed by atoms with Gasteiger partial charge < -0.3 is 19.6 Å². The lowest BCUT2D eigenvalue weighted by Gasteiger charge is -2.35. The number of rotatable bonds is 7. The van der Waals surface area contributed by atoms with E-state index in [2.05, 4.69) is 46.4 Å². The van der Waals surface area contributed by atoms with E-state index in [4.69, 9.17) is 14.8 Å². The maximum Gasteiger partial charge on any atom is 0.147 e. The Kier molecular flexibility index (Phi) is 8.10. The van der Waals surface area contributed by atoms with Crippen LogP contribution in [0.5, 0.6) is 5.75 Å². The summed E-state index contributed by atoms with van der Waals surface area (Å²) in [6.07, 6.45) is 4.15. The molecule has 2 aromatic heterocycles. The lowest BCUT2D eigenvalue weighted by molar-refractivity contribution is 0.201. The topological polar surface area (TPSA) is 48.8 Å². The molecular formula is C23H28ClN3O2S. The molecule has 0 bridgehead atoms. The maximum absolute atomic E-state index is 8.85. The SMILES string of the molecule is CCN1CCN(c2nc(C=Cc3ccc(OCCO)cc3)cc3ccsc23)CC1.Cl. The van der Waals surface area contributed by atoms with Gasteiger partial charge in [-0.25, -0.2) is 4.98 Å². The molecule has 1 aliphatic rings. The molecule has 1 aromatic carbocycles. The van der Waals surface area contributed by atoms with Crippen LogP contribution in [0.15, 0.2) is 41.8 Å². The highest BCUT2D eigenvalue weighted by molar-refractivity contribution is 7.17. The molecule has 0 spiro atoms. The molecule has 5 nitrogen and oxygen atoms in total. The van der Waals surface area contributed by atoms with Gasteiger partial charge in [0.05, 0.1) is 17.0 Å². The fourth-order valence-electron chi connectivity index (χ4n) is 3.58. The number of likely N-dealkylation sites (N-methyl/N-ethyl adjacent to an activating group) is 1. The van der Waals surface area contributed by atoms with Crippen molar-refractivity contribution in [3.8, 4) is 5.75 Å². The van der Waals surface area contributed by atoms with Crippen molar-refractivity contribution in [2.75, 3.05) is 50.8 Å². The zero-order chi connectivity index (χ0) is 20.1. The summed E-state index contributed by atoms with van der Waals surface area (Å²) in [6.45, 7) is 7.91. The van der Waals surface area contributed by atoms with Gasteiger partial charge in [0.2, 0.25) is 0 Å². The fourth-order valence-corrected chi connectivity index (χ4v) is 4.47. The number of fused-ring (bicyclic) bond motifs is 1. The number of pyridine rings is 1. The molecule has 1 saturated heterocycles. The minimum Gasteiger partial charge on any atom is -0.491 e. The van der Waals surface area contributed by atoms with Crippen molar-refractivity contribution >= 4 is 51.8 Å². The van der Waals surface area contributed by atoms with Gasteiger partial charge in [0.25, 0.3) is 0 Å².